The monoisotopic (exact) mass is 495 g/mol. The highest BCUT2D eigenvalue weighted by atomic mass is 32.2. The van der Waals surface area contributed by atoms with Crippen LogP contribution < -0.4 is 4.72 Å². The Morgan fingerprint density at radius 1 is 1.11 bits per heavy atom. The lowest BCUT2D eigenvalue weighted by atomic mass is 10.2. The molecule has 1 N–H and O–H groups in total. The van der Waals surface area contributed by atoms with Crippen molar-refractivity contribution in [3.63, 3.8) is 0 Å². The Bertz CT molecular complexity index is 1240. The lowest BCUT2D eigenvalue weighted by Gasteiger charge is -2.27. The van der Waals surface area contributed by atoms with Crippen LogP contribution in [-0.2, 0) is 14.8 Å². The maximum absolute atomic E-state index is 13.0. The number of sulfonamides is 1. The number of rotatable bonds is 9. The van der Waals surface area contributed by atoms with Crippen LogP contribution in [0.2, 0.25) is 0 Å². The molecule has 8 nitrogen and oxygen atoms in total. The second-order valence-corrected chi connectivity index (χ2v) is 9.85. The zero-order valence-corrected chi connectivity index (χ0v) is 21.4. The Kier molecular flexibility index (Phi) is 8.34. The number of pyridine rings is 1. The molecule has 9 heteroatoms. The van der Waals surface area contributed by atoms with E-state index in [9.17, 15) is 8.42 Å². The van der Waals surface area contributed by atoms with Crippen molar-refractivity contribution in [1.82, 2.24) is 14.8 Å². The van der Waals surface area contributed by atoms with Gasteiger partial charge in [0.2, 0.25) is 0 Å². The molecule has 2 heterocycles. The van der Waals surface area contributed by atoms with Gasteiger partial charge in [-0.05, 0) is 44.0 Å². The number of hydrogen-bond donors (Lipinski definition) is 1. The van der Waals surface area contributed by atoms with Crippen molar-refractivity contribution in [2.24, 2.45) is 4.99 Å². The SMILES string of the molecule is C=C(OC)C(=C)N1CCCN(C(=C)c2ccc(NS(=O)(=O)c3cccc(C)c3N=CC)cn2)CC1. The molecule has 1 aliphatic rings. The molecule has 1 aliphatic heterocycles. The van der Waals surface area contributed by atoms with Gasteiger partial charge in [0.05, 0.1) is 41.8 Å². The number of aryl methyl sites for hydroxylation is 1. The fourth-order valence-corrected chi connectivity index (χ4v) is 5.16. The third kappa shape index (κ3) is 6.10. The first-order valence-corrected chi connectivity index (χ1v) is 12.8. The highest BCUT2D eigenvalue weighted by molar-refractivity contribution is 7.92. The van der Waals surface area contributed by atoms with E-state index in [0.717, 1.165) is 49.6 Å². The van der Waals surface area contributed by atoms with Gasteiger partial charge in [-0.2, -0.15) is 0 Å². The first kappa shape index (κ1) is 26.0. The van der Waals surface area contributed by atoms with Crippen molar-refractivity contribution in [3.05, 3.63) is 79.0 Å². The topological polar surface area (TPSA) is 87.1 Å². The molecule has 0 spiro atoms. The van der Waals surface area contributed by atoms with E-state index in [4.69, 9.17) is 4.74 Å². The summed E-state index contributed by atoms with van der Waals surface area (Å²) in [5, 5.41) is 0. The van der Waals surface area contributed by atoms with Crippen molar-refractivity contribution in [2.45, 2.75) is 25.2 Å². The lowest BCUT2D eigenvalue weighted by Crippen LogP contribution is -2.30. The van der Waals surface area contributed by atoms with Crippen LogP contribution in [0.5, 0.6) is 0 Å². The van der Waals surface area contributed by atoms with Crippen molar-refractivity contribution < 1.29 is 13.2 Å². The summed E-state index contributed by atoms with van der Waals surface area (Å²) < 4.78 is 33.9. The number of para-hydroxylation sites is 1. The normalized spacial score (nSPS) is 14.5. The fourth-order valence-electron chi connectivity index (χ4n) is 3.89. The number of nitrogens with zero attached hydrogens (tertiary/aromatic N) is 4. The van der Waals surface area contributed by atoms with Crippen LogP contribution in [0.4, 0.5) is 11.4 Å². The lowest BCUT2D eigenvalue weighted by molar-refractivity contribution is 0.260. The molecule has 3 rings (SSSR count). The zero-order chi connectivity index (χ0) is 25.6. The Morgan fingerprint density at radius 3 is 2.49 bits per heavy atom. The average molecular weight is 496 g/mol. The van der Waals surface area contributed by atoms with Gasteiger partial charge < -0.3 is 14.5 Å². The van der Waals surface area contributed by atoms with E-state index < -0.39 is 10.0 Å². The summed E-state index contributed by atoms with van der Waals surface area (Å²) in [4.78, 5) is 13.2. The third-order valence-corrected chi connectivity index (χ3v) is 7.30. The number of methoxy groups -OCH3 is 1. The zero-order valence-electron chi connectivity index (χ0n) is 20.6. The molecule has 35 heavy (non-hydrogen) atoms. The summed E-state index contributed by atoms with van der Waals surface area (Å²) >= 11 is 0. The summed E-state index contributed by atoms with van der Waals surface area (Å²) in [6.45, 7) is 19.0. The molecular formula is C26H33N5O3S. The van der Waals surface area contributed by atoms with Gasteiger partial charge in [-0.15, -0.1) is 0 Å². The Balaban J connectivity index is 1.70. The van der Waals surface area contributed by atoms with Crippen LogP contribution in [0.15, 0.2) is 77.6 Å². The van der Waals surface area contributed by atoms with Gasteiger partial charge in [-0.25, -0.2) is 8.42 Å². The van der Waals surface area contributed by atoms with Crippen molar-refractivity contribution >= 4 is 33.3 Å². The molecular weight excluding hydrogens is 462 g/mol. The van der Waals surface area contributed by atoms with Crippen molar-refractivity contribution in [2.75, 3.05) is 38.0 Å². The summed E-state index contributed by atoms with van der Waals surface area (Å²) in [6, 6.07) is 8.54. The third-order valence-electron chi connectivity index (χ3n) is 5.89. The average Bonchev–Trinajstić information content (AvgIpc) is 3.10. The van der Waals surface area contributed by atoms with Crippen LogP contribution in [0.3, 0.4) is 0 Å². The van der Waals surface area contributed by atoms with E-state index in [1.165, 1.54) is 6.20 Å². The molecule has 2 aromatic rings. The quantitative estimate of drug-likeness (QED) is 0.312. The van der Waals surface area contributed by atoms with Crippen LogP contribution in [0.1, 0.15) is 24.6 Å². The molecule has 1 saturated heterocycles. The van der Waals surface area contributed by atoms with Gasteiger partial charge in [-0.1, -0.05) is 31.9 Å². The van der Waals surface area contributed by atoms with Crippen LogP contribution in [0.25, 0.3) is 5.70 Å². The van der Waals surface area contributed by atoms with E-state index >= 15 is 0 Å². The highest BCUT2D eigenvalue weighted by Crippen LogP contribution is 2.29. The largest absolute Gasteiger partial charge is 0.495 e. The van der Waals surface area contributed by atoms with Gasteiger partial charge in [0.25, 0.3) is 10.0 Å². The molecule has 0 amide bonds. The number of aromatic nitrogens is 1. The summed E-state index contributed by atoms with van der Waals surface area (Å²) in [6.07, 6.45) is 4.01. The molecule has 186 valence electrons. The van der Waals surface area contributed by atoms with Crippen LogP contribution in [0, 0.1) is 6.92 Å². The van der Waals surface area contributed by atoms with E-state index in [1.807, 2.05) is 13.0 Å². The molecule has 0 radical (unpaired) electrons. The Hall–Kier alpha value is -3.59. The Morgan fingerprint density at radius 2 is 1.83 bits per heavy atom. The molecule has 0 unspecified atom stereocenters. The molecule has 0 bridgehead atoms. The number of ether oxygens (including phenoxy) is 1. The van der Waals surface area contributed by atoms with Crippen molar-refractivity contribution in [1.29, 1.82) is 0 Å². The fraction of sp³-hybridized carbons (Fsp3) is 0.308. The molecule has 0 aliphatic carbocycles. The number of anilines is 1. The minimum absolute atomic E-state index is 0.121. The second kappa shape index (κ2) is 11.2. The molecule has 1 fully saturated rings. The first-order valence-electron chi connectivity index (χ1n) is 11.4. The number of nitrogens with one attached hydrogen (secondary N) is 1. The van der Waals surface area contributed by atoms with Gasteiger partial charge >= 0.3 is 0 Å². The standard InChI is InChI=1S/C26H33N5O3S/c1-7-27-26-19(2)10-8-11-25(26)35(32,33)29-23-12-13-24(28-18-23)21(4)31-15-9-14-30(16-17-31)20(3)22(5)34-6/h7-8,10-13,18,29H,3-5,9,14-17H2,1-2,6H3. The number of aliphatic imine (C=N–C) groups is 1. The van der Waals surface area contributed by atoms with Gasteiger partial charge in [-0.3, -0.25) is 14.7 Å². The number of hydrogen-bond acceptors (Lipinski definition) is 7. The predicted octanol–water partition coefficient (Wildman–Crippen LogP) is 4.57. The number of benzene rings is 1. The van der Waals surface area contributed by atoms with Gasteiger partial charge in [0, 0.05) is 32.4 Å². The summed E-state index contributed by atoms with van der Waals surface area (Å²) in [5.41, 5.74) is 3.83. The first-order chi connectivity index (χ1) is 16.7. The van der Waals surface area contributed by atoms with Crippen LogP contribution >= 0.6 is 0 Å². The molecule has 0 saturated carbocycles. The molecule has 1 aromatic heterocycles. The summed E-state index contributed by atoms with van der Waals surface area (Å²) in [5.74, 6) is 0.566. The Labute approximate surface area is 208 Å². The van der Waals surface area contributed by atoms with E-state index in [1.54, 1.807) is 44.5 Å². The van der Waals surface area contributed by atoms with E-state index in [2.05, 4.69) is 44.2 Å². The van der Waals surface area contributed by atoms with E-state index in [0.29, 0.717) is 22.8 Å². The van der Waals surface area contributed by atoms with E-state index in [-0.39, 0.29) is 4.90 Å². The molecule has 0 atom stereocenters. The smallest absolute Gasteiger partial charge is 0.264 e. The maximum Gasteiger partial charge on any atom is 0.264 e. The maximum atomic E-state index is 13.0. The van der Waals surface area contributed by atoms with Gasteiger partial charge in [0.15, 0.2) is 0 Å². The highest BCUT2D eigenvalue weighted by Gasteiger charge is 2.21. The predicted molar refractivity (Wildman–Crippen MR) is 142 cm³/mol. The minimum atomic E-state index is -3.84. The van der Waals surface area contributed by atoms with Crippen LogP contribution in [-0.4, -0.2) is 62.7 Å². The van der Waals surface area contributed by atoms with Crippen molar-refractivity contribution in [3.8, 4) is 0 Å². The van der Waals surface area contributed by atoms with Gasteiger partial charge in [0.1, 0.15) is 10.7 Å². The second-order valence-electron chi connectivity index (χ2n) is 8.19. The summed E-state index contributed by atoms with van der Waals surface area (Å²) in [7, 11) is -2.25. The minimum Gasteiger partial charge on any atom is -0.495 e. The molecule has 1 aromatic carbocycles.